The number of aromatic nitrogens is 3. The molecule has 0 saturated heterocycles. The Morgan fingerprint density at radius 3 is 2.68 bits per heavy atom. The van der Waals surface area contributed by atoms with Gasteiger partial charge in [-0.15, -0.1) is 0 Å². The molecule has 6 nitrogen and oxygen atoms in total. The van der Waals surface area contributed by atoms with E-state index in [0.717, 1.165) is 26.8 Å². The number of ether oxygens (including phenoxy) is 2. The second kappa shape index (κ2) is 7.90. The molecule has 0 aliphatic carbocycles. The second-order valence-electron chi connectivity index (χ2n) is 6.29. The number of benzene rings is 2. The van der Waals surface area contributed by atoms with Crippen LogP contribution in [0.15, 0.2) is 65.5 Å². The molecule has 4 rings (SSSR count). The van der Waals surface area contributed by atoms with Crippen LogP contribution in [0, 0.1) is 0 Å². The van der Waals surface area contributed by atoms with Crippen LogP contribution in [0.25, 0.3) is 11.2 Å². The molecule has 4 aromatic rings. The molecule has 0 spiro atoms. The Balaban J connectivity index is 1.59. The van der Waals surface area contributed by atoms with Crippen molar-refractivity contribution in [2.75, 3.05) is 7.11 Å². The monoisotopic (exact) mass is 439 g/mol. The van der Waals surface area contributed by atoms with Gasteiger partial charge in [-0.2, -0.15) is 0 Å². The van der Waals surface area contributed by atoms with Crippen LogP contribution in [0.3, 0.4) is 0 Å². The fourth-order valence-electron chi connectivity index (χ4n) is 3.00. The zero-order valence-electron chi connectivity index (χ0n) is 15.2. The van der Waals surface area contributed by atoms with E-state index in [1.54, 1.807) is 25.7 Å². The Morgan fingerprint density at radius 1 is 1.07 bits per heavy atom. The molecular formula is C21H18BrN3O3. The number of halogens is 1. The molecule has 0 amide bonds. The molecule has 0 aliphatic heterocycles. The number of methoxy groups -OCH3 is 1. The first-order valence-corrected chi connectivity index (χ1v) is 9.46. The summed E-state index contributed by atoms with van der Waals surface area (Å²) in [6.45, 7) is 0.836. The summed E-state index contributed by atoms with van der Waals surface area (Å²) in [6, 6.07) is 15.2. The smallest absolute Gasteiger partial charge is 0.203 e. The molecule has 0 bridgehead atoms. The van der Waals surface area contributed by atoms with Gasteiger partial charge in [0.25, 0.3) is 0 Å². The van der Waals surface area contributed by atoms with E-state index in [1.165, 1.54) is 0 Å². The molecular weight excluding hydrogens is 422 g/mol. The van der Waals surface area contributed by atoms with Crippen molar-refractivity contribution in [3.63, 3.8) is 0 Å². The minimum atomic E-state index is 0.0328. The van der Waals surface area contributed by atoms with Crippen LogP contribution in [-0.2, 0) is 13.2 Å². The highest BCUT2D eigenvalue weighted by molar-refractivity contribution is 9.10. The molecule has 2 aromatic carbocycles. The van der Waals surface area contributed by atoms with Crippen LogP contribution in [0.4, 0.5) is 0 Å². The standard InChI is InChI=1S/C21H18BrN3O3/c1-27-19-8-15(11-25-13-24-17-9-16(22)10-23-21(17)25)7-18(26)20(19)28-12-14-5-3-2-4-6-14/h2-10,13,26H,11-12H2,1H3. The number of fused-ring (bicyclic) bond motifs is 1. The Labute approximate surface area is 170 Å². The SMILES string of the molecule is COc1cc(Cn2cnc3cc(Br)cnc32)cc(O)c1OCc1ccccc1. The van der Waals surface area contributed by atoms with Gasteiger partial charge in [0.2, 0.25) is 5.75 Å². The highest BCUT2D eigenvalue weighted by Gasteiger charge is 2.14. The summed E-state index contributed by atoms with van der Waals surface area (Å²) in [5.74, 6) is 0.837. The number of imidazole rings is 1. The zero-order chi connectivity index (χ0) is 19.5. The predicted octanol–water partition coefficient (Wildman–Crippen LogP) is 4.54. The third kappa shape index (κ3) is 3.80. The molecule has 0 unspecified atom stereocenters. The second-order valence-corrected chi connectivity index (χ2v) is 7.21. The molecule has 28 heavy (non-hydrogen) atoms. The lowest BCUT2D eigenvalue weighted by molar-refractivity contribution is 0.269. The lowest BCUT2D eigenvalue weighted by atomic mass is 10.1. The summed E-state index contributed by atoms with van der Waals surface area (Å²) in [5.41, 5.74) is 3.43. The minimum Gasteiger partial charge on any atom is -0.504 e. The van der Waals surface area contributed by atoms with Gasteiger partial charge in [0.15, 0.2) is 17.1 Å². The molecule has 142 valence electrons. The molecule has 2 heterocycles. The summed E-state index contributed by atoms with van der Waals surface area (Å²) in [6.07, 6.45) is 3.46. The molecule has 7 heteroatoms. The molecule has 0 saturated carbocycles. The van der Waals surface area contributed by atoms with E-state index in [4.69, 9.17) is 9.47 Å². The Morgan fingerprint density at radius 2 is 1.89 bits per heavy atom. The Hall–Kier alpha value is -3.06. The fourth-order valence-corrected chi connectivity index (χ4v) is 3.32. The van der Waals surface area contributed by atoms with Gasteiger partial charge in [-0.25, -0.2) is 9.97 Å². The van der Waals surface area contributed by atoms with Crippen LogP contribution in [0.2, 0.25) is 0 Å². The summed E-state index contributed by atoms with van der Waals surface area (Å²) >= 11 is 3.40. The van der Waals surface area contributed by atoms with E-state index in [2.05, 4.69) is 25.9 Å². The van der Waals surface area contributed by atoms with Crippen molar-refractivity contribution in [2.45, 2.75) is 13.2 Å². The predicted molar refractivity (Wildman–Crippen MR) is 110 cm³/mol. The first-order chi connectivity index (χ1) is 13.6. The summed E-state index contributed by atoms with van der Waals surface area (Å²) in [5, 5.41) is 10.5. The van der Waals surface area contributed by atoms with E-state index in [1.807, 2.05) is 47.0 Å². The molecule has 0 atom stereocenters. The number of pyridine rings is 1. The number of aromatic hydroxyl groups is 1. The highest BCUT2D eigenvalue weighted by Crippen LogP contribution is 2.38. The highest BCUT2D eigenvalue weighted by atomic mass is 79.9. The van der Waals surface area contributed by atoms with Crippen molar-refractivity contribution in [3.8, 4) is 17.2 Å². The third-order valence-electron chi connectivity index (χ3n) is 4.32. The molecule has 0 aliphatic rings. The van der Waals surface area contributed by atoms with Crippen LogP contribution in [-0.4, -0.2) is 26.8 Å². The minimum absolute atomic E-state index is 0.0328. The maximum absolute atomic E-state index is 10.5. The summed E-state index contributed by atoms with van der Waals surface area (Å²) < 4.78 is 14.0. The van der Waals surface area contributed by atoms with Crippen molar-refractivity contribution < 1.29 is 14.6 Å². The van der Waals surface area contributed by atoms with Crippen LogP contribution < -0.4 is 9.47 Å². The van der Waals surface area contributed by atoms with Gasteiger partial charge < -0.3 is 19.1 Å². The van der Waals surface area contributed by atoms with E-state index >= 15 is 0 Å². The maximum Gasteiger partial charge on any atom is 0.203 e. The van der Waals surface area contributed by atoms with Crippen LogP contribution in [0.1, 0.15) is 11.1 Å². The van der Waals surface area contributed by atoms with Crippen LogP contribution in [0.5, 0.6) is 17.2 Å². The van der Waals surface area contributed by atoms with Gasteiger partial charge in [0.05, 0.1) is 20.0 Å². The quantitative estimate of drug-likeness (QED) is 0.477. The number of hydrogen-bond acceptors (Lipinski definition) is 5. The fraction of sp³-hybridized carbons (Fsp3) is 0.143. The van der Waals surface area contributed by atoms with Gasteiger partial charge in [-0.05, 0) is 45.3 Å². The first kappa shape index (κ1) is 18.3. The number of rotatable bonds is 6. The molecule has 0 fully saturated rings. The largest absolute Gasteiger partial charge is 0.504 e. The lowest BCUT2D eigenvalue weighted by Crippen LogP contribution is -2.02. The van der Waals surface area contributed by atoms with Gasteiger partial charge in [-0.3, -0.25) is 0 Å². The van der Waals surface area contributed by atoms with E-state index in [-0.39, 0.29) is 5.75 Å². The van der Waals surface area contributed by atoms with Crippen LogP contribution >= 0.6 is 15.9 Å². The average molecular weight is 440 g/mol. The Bertz CT molecular complexity index is 1110. The first-order valence-electron chi connectivity index (χ1n) is 8.67. The maximum atomic E-state index is 10.5. The van der Waals surface area contributed by atoms with Crippen molar-refractivity contribution >= 4 is 27.1 Å². The van der Waals surface area contributed by atoms with Crippen molar-refractivity contribution in [1.82, 2.24) is 14.5 Å². The summed E-state index contributed by atoms with van der Waals surface area (Å²) in [4.78, 5) is 8.79. The van der Waals surface area contributed by atoms with E-state index in [9.17, 15) is 5.11 Å². The topological polar surface area (TPSA) is 69.4 Å². The van der Waals surface area contributed by atoms with Crippen molar-refractivity contribution in [1.29, 1.82) is 0 Å². The Kier molecular flexibility index (Phi) is 5.16. The van der Waals surface area contributed by atoms with Crippen molar-refractivity contribution in [2.24, 2.45) is 0 Å². The lowest BCUT2D eigenvalue weighted by Gasteiger charge is -2.14. The third-order valence-corrected chi connectivity index (χ3v) is 4.75. The van der Waals surface area contributed by atoms with Gasteiger partial charge in [-0.1, -0.05) is 30.3 Å². The van der Waals surface area contributed by atoms with Crippen molar-refractivity contribution in [3.05, 3.63) is 76.7 Å². The average Bonchev–Trinajstić information content (AvgIpc) is 3.09. The van der Waals surface area contributed by atoms with E-state index in [0.29, 0.717) is 24.7 Å². The van der Waals surface area contributed by atoms with Gasteiger partial charge >= 0.3 is 0 Å². The van der Waals surface area contributed by atoms with Gasteiger partial charge in [0, 0.05) is 10.7 Å². The number of phenolic OH excluding ortho intramolecular Hbond substituents is 1. The molecule has 0 radical (unpaired) electrons. The molecule has 1 N–H and O–H groups in total. The normalized spacial score (nSPS) is 10.9. The van der Waals surface area contributed by atoms with Gasteiger partial charge in [0.1, 0.15) is 12.1 Å². The number of nitrogens with zero attached hydrogens (tertiary/aromatic N) is 3. The zero-order valence-corrected chi connectivity index (χ0v) is 16.8. The van der Waals surface area contributed by atoms with E-state index < -0.39 is 0 Å². The number of hydrogen-bond donors (Lipinski definition) is 1. The molecule has 2 aromatic heterocycles. The number of phenols is 1. The summed E-state index contributed by atoms with van der Waals surface area (Å²) in [7, 11) is 1.56.